The predicted octanol–water partition coefficient (Wildman–Crippen LogP) is 1.41. The highest BCUT2D eigenvalue weighted by Gasteiger charge is 2.25. The van der Waals surface area contributed by atoms with Gasteiger partial charge < -0.3 is 15.8 Å². The number of morpholine rings is 1. The molecule has 0 radical (unpaired) electrons. The van der Waals surface area contributed by atoms with Crippen LogP contribution < -0.4 is 16.5 Å². The molecule has 3 rings (SSSR count). The zero-order valence-corrected chi connectivity index (χ0v) is 18.0. The zero-order chi connectivity index (χ0) is 22.1. The van der Waals surface area contributed by atoms with Crippen molar-refractivity contribution in [3.8, 4) is 0 Å². The van der Waals surface area contributed by atoms with Crippen LogP contribution in [0.1, 0.15) is 31.7 Å². The molecule has 0 saturated carbocycles. The summed E-state index contributed by atoms with van der Waals surface area (Å²) >= 11 is 0. The average Bonchev–Trinajstić information content (AvgIpc) is 3.27. The average molecular weight is 426 g/mol. The van der Waals surface area contributed by atoms with E-state index in [9.17, 15) is 9.59 Å². The number of hydrogen-bond donors (Lipinski definition) is 3. The number of nitrogens with zero attached hydrogens (tertiary/aromatic N) is 2. The number of nitrogens with one attached hydrogen (secondary N) is 2. The molecule has 31 heavy (non-hydrogen) atoms. The van der Waals surface area contributed by atoms with Crippen molar-refractivity contribution in [3.05, 3.63) is 53.6 Å². The van der Waals surface area contributed by atoms with E-state index >= 15 is 0 Å². The summed E-state index contributed by atoms with van der Waals surface area (Å²) in [5, 5.41) is 4.75. The van der Waals surface area contributed by atoms with Crippen LogP contribution in [0.4, 0.5) is 0 Å². The van der Waals surface area contributed by atoms with Crippen LogP contribution in [0.15, 0.2) is 53.0 Å². The first-order valence-electron chi connectivity index (χ1n) is 10.7. The van der Waals surface area contributed by atoms with Crippen molar-refractivity contribution >= 4 is 23.2 Å². The number of amidine groups is 1. The Kier molecular flexibility index (Phi) is 8.37. The minimum atomic E-state index is -0.648. The highest BCUT2D eigenvalue weighted by atomic mass is 16.5. The van der Waals surface area contributed by atoms with Crippen LogP contribution in [0.2, 0.25) is 0 Å². The molecule has 8 nitrogen and oxygen atoms in total. The van der Waals surface area contributed by atoms with Gasteiger partial charge in [-0.05, 0) is 30.9 Å². The molecule has 2 amide bonds. The number of hydrogen-bond acceptors (Lipinski definition) is 5. The van der Waals surface area contributed by atoms with Crippen LogP contribution in [0.5, 0.6) is 0 Å². The molecule has 1 aliphatic carbocycles. The maximum absolute atomic E-state index is 12.9. The summed E-state index contributed by atoms with van der Waals surface area (Å²) in [7, 11) is 0. The Morgan fingerprint density at radius 1 is 1.19 bits per heavy atom. The number of benzene rings is 1. The largest absolute Gasteiger partial charge is 0.388 e. The number of carbonyl (C=O) groups is 2. The molecule has 1 heterocycles. The van der Waals surface area contributed by atoms with E-state index in [1.54, 1.807) is 6.92 Å². The van der Waals surface area contributed by atoms with Gasteiger partial charge in [0.15, 0.2) is 0 Å². The van der Waals surface area contributed by atoms with E-state index in [1.165, 1.54) is 0 Å². The van der Waals surface area contributed by atoms with Crippen molar-refractivity contribution < 1.29 is 14.3 Å². The second kappa shape index (κ2) is 11.4. The third-order valence-corrected chi connectivity index (χ3v) is 5.22. The van der Waals surface area contributed by atoms with E-state index in [2.05, 4.69) is 15.7 Å². The Morgan fingerprint density at radius 2 is 1.94 bits per heavy atom. The van der Waals surface area contributed by atoms with Crippen molar-refractivity contribution in [2.45, 2.75) is 32.2 Å². The number of amides is 2. The van der Waals surface area contributed by atoms with Crippen LogP contribution >= 0.6 is 0 Å². The molecule has 8 heteroatoms. The fourth-order valence-corrected chi connectivity index (χ4v) is 3.51. The molecule has 0 bridgehead atoms. The molecule has 0 spiro atoms. The molecule has 1 fully saturated rings. The molecular weight excluding hydrogens is 394 g/mol. The Labute approximate surface area is 183 Å². The fourth-order valence-electron chi connectivity index (χ4n) is 3.51. The van der Waals surface area contributed by atoms with Gasteiger partial charge in [-0.1, -0.05) is 42.5 Å². The van der Waals surface area contributed by atoms with Crippen molar-refractivity contribution in [1.82, 2.24) is 15.8 Å². The molecule has 166 valence electrons. The Morgan fingerprint density at radius 3 is 2.65 bits per heavy atom. The predicted molar refractivity (Wildman–Crippen MR) is 121 cm³/mol. The first kappa shape index (κ1) is 22.7. The van der Waals surface area contributed by atoms with Gasteiger partial charge in [0.25, 0.3) is 5.91 Å². The van der Waals surface area contributed by atoms with Gasteiger partial charge >= 0.3 is 0 Å². The number of allylic oxidation sites excluding steroid dienone is 3. The van der Waals surface area contributed by atoms with E-state index < -0.39 is 6.04 Å². The molecule has 1 unspecified atom stereocenters. The normalized spacial score (nSPS) is 18.2. The first-order valence-corrected chi connectivity index (χ1v) is 10.7. The number of hydrazine groups is 1. The third-order valence-electron chi connectivity index (χ3n) is 5.22. The highest BCUT2D eigenvalue weighted by Crippen LogP contribution is 2.28. The monoisotopic (exact) mass is 425 g/mol. The number of nitrogens with two attached hydrogens (primary N) is 1. The van der Waals surface area contributed by atoms with Crippen molar-refractivity contribution in [3.63, 3.8) is 0 Å². The summed E-state index contributed by atoms with van der Waals surface area (Å²) in [4.78, 5) is 29.9. The highest BCUT2D eigenvalue weighted by molar-refractivity contribution is 6.00. The molecule has 1 saturated heterocycles. The quantitative estimate of drug-likeness (QED) is 0.315. The molecule has 1 aliphatic heterocycles. The van der Waals surface area contributed by atoms with Crippen LogP contribution in [0.25, 0.3) is 5.57 Å². The van der Waals surface area contributed by atoms with Gasteiger partial charge in [-0.2, -0.15) is 0 Å². The Bertz CT molecular complexity index is 853. The van der Waals surface area contributed by atoms with Gasteiger partial charge in [0, 0.05) is 31.6 Å². The van der Waals surface area contributed by atoms with Crippen molar-refractivity contribution in [2.24, 2.45) is 10.7 Å². The lowest BCUT2D eigenvalue weighted by Gasteiger charge is -2.29. The van der Waals surface area contributed by atoms with Gasteiger partial charge in [-0.3, -0.25) is 20.0 Å². The van der Waals surface area contributed by atoms with Gasteiger partial charge in [0.1, 0.15) is 6.04 Å². The van der Waals surface area contributed by atoms with E-state index in [0.29, 0.717) is 63.5 Å². The molecule has 4 N–H and O–H groups in total. The van der Waals surface area contributed by atoms with Crippen LogP contribution in [0.3, 0.4) is 0 Å². The molecule has 2 aliphatic rings. The zero-order valence-electron chi connectivity index (χ0n) is 18.0. The van der Waals surface area contributed by atoms with Crippen LogP contribution in [0, 0.1) is 0 Å². The smallest absolute Gasteiger partial charge is 0.256 e. The number of rotatable bonds is 9. The fraction of sp³-hybridized carbons (Fsp3) is 0.435. The van der Waals surface area contributed by atoms with Crippen molar-refractivity contribution in [2.75, 3.05) is 32.8 Å². The SMILES string of the molecule is CC(N)=NCCCC(NC(=O)C1=CC=C(c2ccccc2)C1)C(=O)NN1CCOCC1. The summed E-state index contributed by atoms with van der Waals surface area (Å²) in [5.41, 5.74) is 11.3. The van der Waals surface area contributed by atoms with Gasteiger partial charge in [0.2, 0.25) is 5.91 Å². The van der Waals surface area contributed by atoms with E-state index in [1.807, 2.05) is 47.5 Å². The first-order chi connectivity index (χ1) is 15.0. The molecule has 1 aromatic rings. The standard InChI is InChI=1S/C23H31N5O3/c1-17(24)25-11-5-8-21(23(30)27-28-12-14-31-15-13-28)26-22(29)20-10-9-19(16-20)18-6-3-2-4-7-18/h2-4,6-7,9-10,21H,5,8,11-16H2,1H3,(H2,24,25)(H,26,29)(H,27,30). The Hall–Kier alpha value is -2.97. The maximum Gasteiger partial charge on any atom is 0.256 e. The summed E-state index contributed by atoms with van der Waals surface area (Å²) in [5.74, 6) is 0.0651. The summed E-state index contributed by atoms with van der Waals surface area (Å²) in [6.07, 6.45) is 5.46. The van der Waals surface area contributed by atoms with E-state index in [4.69, 9.17) is 10.5 Å². The molecular formula is C23H31N5O3. The maximum atomic E-state index is 12.9. The van der Waals surface area contributed by atoms with Crippen molar-refractivity contribution in [1.29, 1.82) is 0 Å². The van der Waals surface area contributed by atoms with Crippen LogP contribution in [-0.2, 0) is 14.3 Å². The minimum absolute atomic E-state index is 0.220. The summed E-state index contributed by atoms with van der Waals surface area (Å²) in [6.45, 7) is 4.64. The summed E-state index contributed by atoms with van der Waals surface area (Å²) in [6, 6.07) is 9.33. The van der Waals surface area contributed by atoms with E-state index in [-0.39, 0.29) is 11.8 Å². The third kappa shape index (κ3) is 7.04. The number of carbonyl (C=O) groups excluding carboxylic acids is 2. The van der Waals surface area contributed by atoms with Gasteiger partial charge in [0.05, 0.1) is 19.0 Å². The topological polar surface area (TPSA) is 109 Å². The lowest BCUT2D eigenvalue weighted by Crippen LogP contribution is -2.55. The van der Waals surface area contributed by atoms with Crippen LogP contribution in [-0.4, -0.2) is 61.5 Å². The summed E-state index contributed by atoms with van der Waals surface area (Å²) < 4.78 is 5.32. The molecule has 0 aromatic heterocycles. The minimum Gasteiger partial charge on any atom is -0.388 e. The number of ether oxygens (including phenoxy) is 1. The molecule has 1 atom stereocenters. The van der Waals surface area contributed by atoms with Gasteiger partial charge in [-0.15, -0.1) is 0 Å². The second-order valence-corrected chi connectivity index (χ2v) is 7.69. The number of aliphatic imine (C=N–C) groups is 1. The lowest BCUT2D eigenvalue weighted by atomic mass is 10.0. The lowest BCUT2D eigenvalue weighted by molar-refractivity contribution is -0.133. The second-order valence-electron chi connectivity index (χ2n) is 7.69. The van der Waals surface area contributed by atoms with Gasteiger partial charge in [-0.25, -0.2) is 5.01 Å². The molecule has 1 aromatic carbocycles. The van der Waals surface area contributed by atoms with E-state index in [0.717, 1.165) is 11.1 Å². The Balaban J connectivity index is 1.58.